The van der Waals surface area contributed by atoms with Crippen LogP contribution in [0.4, 0.5) is 0 Å². The summed E-state index contributed by atoms with van der Waals surface area (Å²) < 4.78 is 1.77. The van der Waals surface area contributed by atoms with E-state index >= 15 is 0 Å². The highest BCUT2D eigenvalue weighted by atomic mass is 35.5. The summed E-state index contributed by atoms with van der Waals surface area (Å²) in [7, 11) is 0. The molecule has 0 aliphatic carbocycles. The van der Waals surface area contributed by atoms with Crippen molar-refractivity contribution in [1.82, 2.24) is 5.32 Å². The quantitative estimate of drug-likeness (QED) is 0.382. The van der Waals surface area contributed by atoms with Crippen LogP contribution in [0.25, 0.3) is 0 Å². The molecule has 0 amide bonds. The number of nitrogens with zero attached hydrogens (tertiary/aromatic N) is 1. The summed E-state index contributed by atoms with van der Waals surface area (Å²) in [6.07, 6.45) is 5.31. The zero-order valence-electron chi connectivity index (χ0n) is 11.9. The molecule has 2 rings (SSSR count). The molecular formula is C17H16ClN2OS+. The van der Waals surface area contributed by atoms with Gasteiger partial charge in [0.15, 0.2) is 17.4 Å². The molecule has 0 fully saturated rings. The molecule has 1 atom stereocenters. The Morgan fingerprint density at radius 1 is 1.27 bits per heavy atom. The van der Waals surface area contributed by atoms with Crippen LogP contribution in [0.15, 0.2) is 67.5 Å². The largest absolute Gasteiger partial charge is 0.370 e. The normalized spacial score (nSPS) is 11.5. The van der Waals surface area contributed by atoms with Gasteiger partial charge >= 0.3 is 0 Å². The predicted octanol–water partition coefficient (Wildman–Crippen LogP) is 3.15. The molecule has 0 saturated carbocycles. The number of rotatable bonds is 6. The second-order valence-corrected chi connectivity index (χ2v) is 5.45. The van der Waals surface area contributed by atoms with Crippen LogP contribution in [0.5, 0.6) is 0 Å². The van der Waals surface area contributed by atoms with Crippen LogP contribution in [0.2, 0.25) is 5.02 Å². The van der Waals surface area contributed by atoms with E-state index in [0.717, 1.165) is 0 Å². The first-order valence-electron chi connectivity index (χ1n) is 6.78. The van der Waals surface area contributed by atoms with Crippen LogP contribution < -0.4 is 9.88 Å². The molecule has 1 unspecified atom stereocenters. The third-order valence-electron chi connectivity index (χ3n) is 3.09. The monoisotopic (exact) mass is 331 g/mol. The zero-order valence-corrected chi connectivity index (χ0v) is 13.5. The van der Waals surface area contributed by atoms with Crippen LogP contribution >= 0.6 is 23.8 Å². The van der Waals surface area contributed by atoms with Crippen molar-refractivity contribution in [3.05, 3.63) is 78.1 Å². The van der Waals surface area contributed by atoms with E-state index in [4.69, 9.17) is 23.8 Å². The standard InChI is InChI=1S/C17H15ClN2OS/c1-2-10-19-17(22)15(20-11-6-3-7-12-20)16(21)13-8-4-5-9-14(13)18/h2-9,11-12,15H,1,10H2/p+1. The van der Waals surface area contributed by atoms with Crippen molar-refractivity contribution in [3.63, 3.8) is 0 Å². The fourth-order valence-electron chi connectivity index (χ4n) is 2.05. The first kappa shape index (κ1) is 16.3. The Balaban J connectivity index is 2.40. The molecule has 0 saturated heterocycles. The third-order valence-corrected chi connectivity index (χ3v) is 3.79. The molecule has 1 aromatic carbocycles. The second-order valence-electron chi connectivity index (χ2n) is 4.60. The van der Waals surface area contributed by atoms with Gasteiger partial charge in [-0.05, 0) is 12.1 Å². The van der Waals surface area contributed by atoms with Crippen molar-refractivity contribution < 1.29 is 9.36 Å². The number of ketones is 1. The lowest BCUT2D eigenvalue weighted by molar-refractivity contribution is -0.692. The Morgan fingerprint density at radius 2 is 1.95 bits per heavy atom. The average Bonchev–Trinajstić information content (AvgIpc) is 2.54. The van der Waals surface area contributed by atoms with Gasteiger partial charge in [-0.25, -0.2) is 0 Å². The molecule has 0 aliphatic rings. The third kappa shape index (κ3) is 3.78. The van der Waals surface area contributed by atoms with E-state index in [-0.39, 0.29) is 5.78 Å². The summed E-state index contributed by atoms with van der Waals surface area (Å²) >= 11 is 11.5. The highest BCUT2D eigenvalue weighted by Crippen LogP contribution is 2.19. The van der Waals surface area contributed by atoms with Crippen molar-refractivity contribution in [1.29, 1.82) is 0 Å². The lowest BCUT2D eigenvalue weighted by Gasteiger charge is -2.14. The molecular weight excluding hydrogens is 316 g/mol. The molecule has 3 nitrogen and oxygen atoms in total. The minimum atomic E-state index is -0.643. The Hall–Kier alpha value is -2.04. The molecule has 2 aromatic rings. The Kier molecular flexibility index (Phi) is 5.81. The van der Waals surface area contributed by atoms with Gasteiger partial charge in [-0.15, -0.1) is 6.58 Å². The van der Waals surface area contributed by atoms with Gasteiger partial charge in [-0.1, -0.05) is 48.1 Å². The van der Waals surface area contributed by atoms with Gasteiger partial charge in [0.05, 0.1) is 5.02 Å². The Morgan fingerprint density at radius 3 is 2.59 bits per heavy atom. The maximum Gasteiger partial charge on any atom is 0.270 e. The summed E-state index contributed by atoms with van der Waals surface area (Å²) in [6.45, 7) is 4.15. The van der Waals surface area contributed by atoms with Gasteiger partial charge in [0.25, 0.3) is 6.04 Å². The van der Waals surface area contributed by atoms with E-state index in [1.54, 1.807) is 47.3 Å². The number of hydrogen-bond donors (Lipinski definition) is 1. The van der Waals surface area contributed by atoms with Gasteiger partial charge in [0, 0.05) is 24.2 Å². The van der Waals surface area contributed by atoms with Gasteiger partial charge in [-0.2, -0.15) is 4.57 Å². The van der Waals surface area contributed by atoms with Gasteiger partial charge in [0.2, 0.25) is 5.78 Å². The van der Waals surface area contributed by atoms with Crippen molar-refractivity contribution in [3.8, 4) is 0 Å². The Labute approximate surface area is 140 Å². The maximum atomic E-state index is 12.9. The molecule has 0 aliphatic heterocycles. The van der Waals surface area contributed by atoms with E-state index in [9.17, 15) is 4.79 Å². The lowest BCUT2D eigenvalue weighted by Crippen LogP contribution is -2.51. The molecule has 1 aromatic heterocycles. The number of benzene rings is 1. The number of carbonyl (C=O) groups excluding carboxylic acids is 1. The van der Waals surface area contributed by atoms with Crippen molar-refractivity contribution in [2.75, 3.05) is 6.54 Å². The molecule has 22 heavy (non-hydrogen) atoms. The molecule has 0 bridgehead atoms. The number of hydrogen-bond acceptors (Lipinski definition) is 2. The fraction of sp³-hybridized carbons (Fsp3) is 0.118. The first-order valence-corrected chi connectivity index (χ1v) is 7.57. The predicted molar refractivity (Wildman–Crippen MR) is 92.3 cm³/mol. The summed E-state index contributed by atoms with van der Waals surface area (Å²) in [5.41, 5.74) is 0.452. The van der Waals surface area contributed by atoms with Crippen molar-refractivity contribution in [2.45, 2.75) is 6.04 Å². The average molecular weight is 332 g/mol. The molecule has 1 N–H and O–H groups in total. The number of Topliss-reactive ketones (excluding diaryl/α,β-unsaturated/α-hetero) is 1. The summed E-state index contributed by atoms with van der Waals surface area (Å²) in [6, 6.07) is 11.9. The number of pyridine rings is 1. The summed E-state index contributed by atoms with van der Waals surface area (Å²) in [5.74, 6) is -0.150. The van der Waals surface area contributed by atoms with Crippen LogP contribution in [0, 0.1) is 0 Å². The Bertz CT molecular complexity index is 688. The molecule has 1 heterocycles. The topological polar surface area (TPSA) is 33.0 Å². The molecule has 0 radical (unpaired) electrons. The number of aromatic nitrogens is 1. The minimum absolute atomic E-state index is 0.150. The first-order chi connectivity index (χ1) is 10.6. The van der Waals surface area contributed by atoms with Crippen LogP contribution in [0.1, 0.15) is 16.4 Å². The van der Waals surface area contributed by atoms with E-state index < -0.39 is 6.04 Å². The molecule has 5 heteroatoms. The molecule has 112 valence electrons. The zero-order chi connectivity index (χ0) is 15.9. The lowest BCUT2D eigenvalue weighted by atomic mass is 10.0. The summed E-state index contributed by atoms with van der Waals surface area (Å²) in [4.78, 5) is 13.3. The molecule has 0 spiro atoms. The fourth-order valence-corrected chi connectivity index (χ4v) is 2.59. The van der Waals surface area contributed by atoms with E-state index in [0.29, 0.717) is 22.1 Å². The minimum Gasteiger partial charge on any atom is -0.370 e. The maximum absolute atomic E-state index is 12.9. The number of nitrogens with one attached hydrogen (secondary N) is 1. The van der Waals surface area contributed by atoms with E-state index in [1.165, 1.54) is 0 Å². The number of thiocarbonyl (C=S) groups is 1. The van der Waals surface area contributed by atoms with Gasteiger partial charge in [-0.3, -0.25) is 4.79 Å². The smallest absolute Gasteiger partial charge is 0.270 e. The van der Waals surface area contributed by atoms with Crippen molar-refractivity contribution in [2.24, 2.45) is 0 Å². The van der Waals surface area contributed by atoms with Gasteiger partial charge in [0.1, 0.15) is 0 Å². The highest BCUT2D eigenvalue weighted by molar-refractivity contribution is 7.80. The highest BCUT2D eigenvalue weighted by Gasteiger charge is 2.33. The van der Waals surface area contributed by atoms with Crippen LogP contribution in [0.3, 0.4) is 0 Å². The second kappa shape index (κ2) is 7.82. The van der Waals surface area contributed by atoms with Crippen LogP contribution in [-0.2, 0) is 0 Å². The SMILES string of the molecule is C=CCNC(=S)C(C(=O)c1ccccc1Cl)[n+]1ccccc1. The number of carbonyl (C=O) groups is 1. The summed E-state index contributed by atoms with van der Waals surface area (Å²) in [5, 5.41) is 3.45. The van der Waals surface area contributed by atoms with E-state index in [1.807, 2.05) is 18.2 Å². The van der Waals surface area contributed by atoms with Crippen LogP contribution in [-0.4, -0.2) is 17.3 Å². The number of halogens is 1. The van der Waals surface area contributed by atoms with Crippen molar-refractivity contribution >= 4 is 34.6 Å². The van der Waals surface area contributed by atoms with Gasteiger partial charge < -0.3 is 5.32 Å². The van der Waals surface area contributed by atoms with E-state index in [2.05, 4.69) is 11.9 Å².